The first-order valence-electron chi connectivity index (χ1n) is 5.02. The van der Waals surface area contributed by atoms with E-state index >= 15 is 0 Å². The Morgan fingerprint density at radius 2 is 2.00 bits per heavy atom. The summed E-state index contributed by atoms with van der Waals surface area (Å²) >= 11 is 0. The van der Waals surface area contributed by atoms with Crippen LogP contribution in [0.25, 0.3) is 0 Å². The second-order valence-corrected chi connectivity index (χ2v) is 3.75. The Hall–Kier alpha value is -1.05. The van der Waals surface area contributed by atoms with E-state index in [4.69, 9.17) is 4.74 Å². The number of ether oxygens (including phenoxy) is 1. The predicted molar refractivity (Wildman–Crippen MR) is 59.0 cm³/mol. The van der Waals surface area contributed by atoms with Gasteiger partial charge in [-0.3, -0.25) is 4.79 Å². The number of hydrogen-bond donors (Lipinski definition) is 0. The fourth-order valence-electron chi connectivity index (χ4n) is 0.880. The molecule has 0 rings (SSSR count). The number of carbonyl (C=O) groups excluding carboxylic acids is 1. The maximum absolute atomic E-state index is 11.1. The molecule has 0 saturated heterocycles. The molecule has 0 spiro atoms. The molecule has 0 fully saturated rings. The number of hydrogen-bond acceptors (Lipinski definition) is 2. The highest BCUT2D eigenvalue weighted by Crippen LogP contribution is 1.98. The van der Waals surface area contributed by atoms with Crippen LogP contribution in [-0.2, 0) is 9.53 Å². The van der Waals surface area contributed by atoms with Gasteiger partial charge >= 0.3 is 5.97 Å². The van der Waals surface area contributed by atoms with Gasteiger partial charge in [0.2, 0.25) is 0 Å². The third-order valence-electron chi connectivity index (χ3n) is 1.45. The molecule has 0 N–H and O–H groups in total. The molecule has 2 nitrogen and oxygen atoms in total. The van der Waals surface area contributed by atoms with Crippen LogP contribution < -0.4 is 0 Å². The highest BCUT2D eigenvalue weighted by molar-refractivity contribution is 5.69. The van der Waals surface area contributed by atoms with E-state index in [0.29, 0.717) is 6.42 Å². The fourth-order valence-corrected chi connectivity index (χ4v) is 0.880. The van der Waals surface area contributed by atoms with Crippen LogP contribution in [-0.4, -0.2) is 12.1 Å². The van der Waals surface area contributed by atoms with Gasteiger partial charge in [0.15, 0.2) is 0 Å². The predicted octanol–water partition coefficient (Wildman–Crippen LogP) is 3.24. The minimum absolute atomic E-state index is 0.00994. The van der Waals surface area contributed by atoms with Crippen molar-refractivity contribution in [3.8, 4) is 0 Å². The van der Waals surface area contributed by atoms with Crippen LogP contribution in [0.1, 0.15) is 40.5 Å². The molecule has 14 heavy (non-hydrogen) atoms. The minimum Gasteiger partial charge on any atom is -0.463 e. The summed E-state index contributed by atoms with van der Waals surface area (Å²) in [5, 5.41) is 0. The molecule has 0 aliphatic heterocycles. The van der Waals surface area contributed by atoms with Crippen LogP contribution >= 0.6 is 0 Å². The number of rotatable bonds is 5. The van der Waals surface area contributed by atoms with E-state index in [0.717, 1.165) is 6.42 Å². The van der Waals surface area contributed by atoms with Crippen LogP contribution in [0.3, 0.4) is 0 Å². The van der Waals surface area contributed by atoms with Gasteiger partial charge in [-0.1, -0.05) is 23.8 Å². The third kappa shape index (κ3) is 9.04. The van der Waals surface area contributed by atoms with Gasteiger partial charge in [0.05, 0.1) is 6.10 Å². The quantitative estimate of drug-likeness (QED) is 0.498. The van der Waals surface area contributed by atoms with Crippen LogP contribution in [0, 0.1) is 0 Å². The monoisotopic (exact) mass is 196 g/mol. The van der Waals surface area contributed by atoms with Crippen molar-refractivity contribution in [1.82, 2.24) is 0 Å². The summed E-state index contributed by atoms with van der Waals surface area (Å²) in [5.74, 6) is -0.123. The molecule has 0 bridgehead atoms. The molecule has 0 aromatic carbocycles. The van der Waals surface area contributed by atoms with E-state index in [-0.39, 0.29) is 12.1 Å². The molecular weight excluding hydrogens is 176 g/mol. The Kier molecular flexibility index (Phi) is 6.81. The maximum atomic E-state index is 11.1. The fraction of sp³-hybridized carbons (Fsp3) is 0.583. The molecule has 0 amide bonds. The average molecular weight is 196 g/mol. The summed E-state index contributed by atoms with van der Waals surface area (Å²) in [6, 6.07) is 0. The second-order valence-electron chi connectivity index (χ2n) is 3.75. The molecular formula is C12H20O2. The lowest BCUT2D eigenvalue weighted by Gasteiger charge is -2.05. The second kappa shape index (κ2) is 7.36. The molecule has 0 aliphatic carbocycles. The van der Waals surface area contributed by atoms with Gasteiger partial charge in [0.25, 0.3) is 0 Å². The topological polar surface area (TPSA) is 26.3 Å². The molecule has 0 radical (unpaired) electrons. The summed E-state index contributed by atoms with van der Waals surface area (Å²) in [6.07, 6.45) is 7.17. The molecule has 2 heteroatoms. The minimum atomic E-state index is -0.123. The molecule has 0 aliphatic rings. The van der Waals surface area contributed by atoms with Crippen LogP contribution in [0.4, 0.5) is 0 Å². The Balaban J connectivity index is 3.59. The van der Waals surface area contributed by atoms with Gasteiger partial charge < -0.3 is 4.74 Å². The Morgan fingerprint density at radius 1 is 1.36 bits per heavy atom. The van der Waals surface area contributed by atoms with Crippen molar-refractivity contribution in [3.63, 3.8) is 0 Å². The summed E-state index contributed by atoms with van der Waals surface area (Å²) < 4.78 is 4.99. The smallest absolute Gasteiger partial charge is 0.306 e. The molecule has 0 aromatic heterocycles. The zero-order valence-electron chi connectivity index (χ0n) is 9.54. The zero-order chi connectivity index (χ0) is 11.0. The largest absolute Gasteiger partial charge is 0.463 e. The maximum Gasteiger partial charge on any atom is 0.306 e. The SMILES string of the molecule is CC(C)=CC=CCCC(=O)OC(C)C. The Morgan fingerprint density at radius 3 is 2.50 bits per heavy atom. The van der Waals surface area contributed by atoms with Crippen LogP contribution in [0.5, 0.6) is 0 Å². The van der Waals surface area contributed by atoms with E-state index in [9.17, 15) is 4.79 Å². The Bertz CT molecular complexity index is 220. The van der Waals surface area contributed by atoms with Crippen LogP contribution in [0.15, 0.2) is 23.8 Å². The van der Waals surface area contributed by atoms with Gasteiger partial charge in [0.1, 0.15) is 0 Å². The van der Waals surface area contributed by atoms with E-state index in [1.54, 1.807) is 0 Å². The summed E-state index contributed by atoms with van der Waals surface area (Å²) in [6.45, 7) is 7.79. The first-order chi connectivity index (χ1) is 6.52. The normalized spacial score (nSPS) is 10.6. The van der Waals surface area contributed by atoms with Gasteiger partial charge in [-0.2, -0.15) is 0 Å². The number of allylic oxidation sites excluding steroid dienone is 4. The van der Waals surface area contributed by atoms with E-state index in [2.05, 4.69) is 0 Å². The summed E-state index contributed by atoms with van der Waals surface area (Å²) in [7, 11) is 0. The van der Waals surface area contributed by atoms with E-state index < -0.39 is 0 Å². The lowest BCUT2D eigenvalue weighted by molar-refractivity contribution is -0.147. The van der Waals surface area contributed by atoms with E-state index in [1.807, 2.05) is 45.9 Å². The van der Waals surface area contributed by atoms with Crippen molar-refractivity contribution in [2.75, 3.05) is 0 Å². The highest BCUT2D eigenvalue weighted by atomic mass is 16.5. The summed E-state index contributed by atoms with van der Waals surface area (Å²) in [4.78, 5) is 11.1. The highest BCUT2D eigenvalue weighted by Gasteiger charge is 2.02. The Labute approximate surface area is 86.6 Å². The zero-order valence-corrected chi connectivity index (χ0v) is 9.54. The first-order valence-corrected chi connectivity index (χ1v) is 5.02. The molecule has 0 aromatic rings. The van der Waals surface area contributed by atoms with Crippen molar-refractivity contribution in [1.29, 1.82) is 0 Å². The summed E-state index contributed by atoms with van der Waals surface area (Å²) in [5.41, 5.74) is 1.26. The lowest BCUT2D eigenvalue weighted by atomic mass is 10.2. The molecule has 0 heterocycles. The van der Waals surface area contributed by atoms with E-state index in [1.165, 1.54) is 5.57 Å². The van der Waals surface area contributed by atoms with Gasteiger partial charge in [-0.05, 0) is 34.1 Å². The first kappa shape index (κ1) is 12.9. The van der Waals surface area contributed by atoms with Gasteiger partial charge in [-0.25, -0.2) is 0 Å². The van der Waals surface area contributed by atoms with Crippen molar-refractivity contribution in [3.05, 3.63) is 23.8 Å². The molecule has 0 atom stereocenters. The van der Waals surface area contributed by atoms with Crippen molar-refractivity contribution >= 4 is 5.97 Å². The third-order valence-corrected chi connectivity index (χ3v) is 1.45. The number of carbonyl (C=O) groups is 1. The average Bonchev–Trinajstić information content (AvgIpc) is 2.01. The molecule has 0 unspecified atom stereocenters. The van der Waals surface area contributed by atoms with Crippen LogP contribution in [0.2, 0.25) is 0 Å². The van der Waals surface area contributed by atoms with Crippen molar-refractivity contribution in [2.45, 2.75) is 46.6 Å². The number of esters is 1. The van der Waals surface area contributed by atoms with Crippen molar-refractivity contribution in [2.24, 2.45) is 0 Å². The lowest BCUT2D eigenvalue weighted by Crippen LogP contribution is -2.10. The van der Waals surface area contributed by atoms with Gasteiger partial charge in [-0.15, -0.1) is 0 Å². The molecule has 80 valence electrons. The van der Waals surface area contributed by atoms with Gasteiger partial charge in [0, 0.05) is 6.42 Å². The van der Waals surface area contributed by atoms with Crippen molar-refractivity contribution < 1.29 is 9.53 Å². The standard InChI is InChI=1S/C12H20O2/c1-10(2)8-6-5-7-9-12(13)14-11(3)4/h5-6,8,11H,7,9H2,1-4H3. The molecule has 0 saturated carbocycles.